The molecule has 2 amide bonds. The van der Waals surface area contributed by atoms with Crippen LogP contribution in [0.4, 0.5) is 13.6 Å². The molecule has 5 nitrogen and oxygen atoms in total. The van der Waals surface area contributed by atoms with Gasteiger partial charge in [0.1, 0.15) is 0 Å². The third-order valence-corrected chi connectivity index (χ3v) is 5.67. The lowest BCUT2D eigenvalue weighted by atomic mass is 9.84. The fraction of sp³-hybridized carbons (Fsp3) is 0.526. The summed E-state index contributed by atoms with van der Waals surface area (Å²) in [5.74, 6) is -3.69. The van der Waals surface area contributed by atoms with Crippen LogP contribution in [0.5, 0.6) is 0 Å². The topological polar surface area (TPSA) is 66.5 Å². The number of hydrogen-bond acceptors (Lipinski definition) is 3. The fourth-order valence-corrected chi connectivity index (χ4v) is 4.00. The summed E-state index contributed by atoms with van der Waals surface area (Å²) in [7, 11) is -3.31. The number of urea groups is 1. The Bertz CT molecular complexity index is 840. The maximum absolute atomic E-state index is 13.9. The lowest BCUT2D eigenvalue weighted by molar-refractivity contribution is -0.0686. The molecule has 2 rings (SSSR count). The minimum Gasteiger partial charge on any atom is -0.332 e. The number of piperidine rings is 1. The highest BCUT2D eigenvalue weighted by molar-refractivity contribution is 7.93. The highest BCUT2D eigenvalue weighted by Crippen LogP contribution is 2.41. The molecule has 1 N–H and O–H groups in total. The van der Waals surface area contributed by atoms with Gasteiger partial charge in [-0.2, -0.15) is 0 Å². The highest BCUT2D eigenvalue weighted by atomic mass is 35.5. The second kappa shape index (κ2) is 8.78. The van der Waals surface area contributed by atoms with Gasteiger partial charge in [0.2, 0.25) is 5.92 Å². The van der Waals surface area contributed by atoms with Gasteiger partial charge in [0.05, 0.1) is 6.04 Å². The SMILES string of the molecule is C[C@@H](/C=C/S(C)(=O)=O)NC(=O)N1CC[C@@H](C(C)(F)F)C[C@H]1c1cccc(Cl)c1. The molecule has 1 aromatic rings. The molecule has 9 heteroatoms. The van der Waals surface area contributed by atoms with Gasteiger partial charge >= 0.3 is 6.03 Å². The third-order valence-electron chi connectivity index (χ3n) is 4.78. The molecule has 0 aliphatic carbocycles. The van der Waals surface area contributed by atoms with Gasteiger partial charge < -0.3 is 10.2 Å². The number of rotatable bonds is 5. The Morgan fingerprint density at radius 1 is 1.43 bits per heavy atom. The zero-order valence-corrected chi connectivity index (χ0v) is 17.6. The van der Waals surface area contributed by atoms with Gasteiger partial charge in [-0.1, -0.05) is 29.8 Å². The van der Waals surface area contributed by atoms with E-state index in [0.29, 0.717) is 10.6 Å². The Kier molecular flexibility index (Phi) is 7.09. The summed E-state index contributed by atoms with van der Waals surface area (Å²) in [4.78, 5) is 14.3. The molecule has 0 radical (unpaired) electrons. The lowest BCUT2D eigenvalue weighted by Crippen LogP contribution is -2.50. The van der Waals surface area contributed by atoms with Crippen molar-refractivity contribution in [3.05, 3.63) is 46.3 Å². The molecule has 0 spiro atoms. The number of nitrogens with zero attached hydrogens (tertiary/aromatic N) is 1. The molecule has 0 unspecified atom stereocenters. The Morgan fingerprint density at radius 2 is 2.11 bits per heavy atom. The number of hydrogen-bond donors (Lipinski definition) is 1. The van der Waals surface area contributed by atoms with Gasteiger partial charge in [0, 0.05) is 35.2 Å². The third kappa shape index (κ3) is 6.44. The van der Waals surface area contributed by atoms with Crippen molar-refractivity contribution in [3.63, 3.8) is 0 Å². The fourth-order valence-electron chi connectivity index (χ4n) is 3.29. The standard InChI is InChI=1S/C19H25ClF2N2O3S/c1-13(8-10-28(3,26)27)23-18(25)24-9-7-15(19(2,21)22)12-17(24)14-5-4-6-16(20)11-14/h4-6,8,10-11,13,15,17H,7,9,12H2,1-3H3,(H,23,25)/b10-8+/t13-,15+,17-/m0/s1. The molecule has 1 aromatic carbocycles. The molecule has 156 valence electrons. The number of likely N-dealkylation sites (tertiary alicyclic amines) is 1. The summed E-state index contributed by atoms with van der Waals surface area (Å²) in [6.45, 7) is 2.71. The molecule has 1 heterocycles. The van der Waals surface area contributed by atoms with Crippen LogP contribution < -0.4 is 5.32 Å². The van der Waals surface area contributed by atoms with E-state index in [1.807, 2.05) is 0 Å². The number of benzene rings is 1. The number of halogens is 3. The Morgan fingerprint density at radius 3 is 2.68 bits per heavy atom. The smallest absolute Gasteiger partial charge is 0.318 e. The first-order valence-corrected chi connectivity index (χ1v) is 11.3. The van der Waals surface area contributed by atoms with E-state index in [4.69, 9.17) is 11.6 Å². The summed E-state index contributed by atoms with van der Waals surface area (Å²) in [6.07, 6.45) is 2.73. The monoisotopic (exact) mass is 434 g/mol. The van der Waals surface area contributed by atoms with Gasteiger partial charge in [-0.3, -0.25) is 0 Å². The number of sulfone groups is 1. The molecule has 1 aliphatic heterocycles. The van der Waals surface area contributed by atoms with Crippen molar-refractivity contribution in [2.75, 3.05) is 12.8 Å². The maximum Gasteiger partial charge on any atom is 0.318 e. The molecule has 1 fully saturated rings. The van der Waals surface area contributed by atoms with E-state index >= 15 is 0 Å². The average molecular weight is 435 g/mol. The Labute approximate surface area is 169 Å². The number of alkyl halides is 2. The lowest BCUT2D eigenvalue weighted by Gasteiger charge is -2.41. The number of nitrogens with one attached hydrogen (secondary N) is 1. The molecule has 0 saturated carbocycles. The highest BCUT2D eigenvalue weighted by Gasteiger charge is 2.42. The zero-order valence-electron chi connectivity index (χ0n) is 16.0. The Hall–Kier alpha value is -1.67. The van der Waals surface area contributed by atoms with Crippen molar-refractivity contribution in [3.8, 4) is 0 Å². The van der Waals surface area contributed by atoms with Crippen molar-refractivity contribution < 1.29 is 22.0 Å². The molecule has 28 heavy (non-hydrogen) atoms. The van der Waals surface area contributed by atoms with E-state index in [2.05, 4.69) is 5.32 Å². The predicted octanol–water partition coefficient (Wildman–Crippen LogP) is 4.40. The number of carbonyl (C=O) groups is 1. The van der Waals surface area contributed by atoms with Crippen LogP contribution in [0.15, 0.2) is 35.7 Å². The molecular formula is C19H25ClF2N2O3S. The zero-order chi connectivity index (χ0) is 21.1. The largest absolute Gasteiger partial charge is 0.332 e. The summed E-state index contributed by atoms with van der Waals surface area (Å²) in [6, 6.07) is 5.33. The molecular weight excluding hydrogens is 410 g/mol. The Balaban J connectivity index is 2.22. The maximum atomic E-state index is 13.9. The van der Waals surface area contributed by atoms with Crippen LogP contribution in [-0.4, -0.2) is 44.1 Å². The first kappa shape index (κ1) is 22.6. The minimum atomic E-state index is -3.31. The quantitative estimate of drug-likeness (QED) is 0.746. The van der Waals surface area contributed by atoms with Gasteiger partial charge in [0.15, 0.2) is 9.84 Å². The van der Waals surface area contributed by atoms with Crippen molar-refractivity contribution >= 4 is 27.5 Å². The van der Waals surface area contributed by atoms with Crippen LogP contribution in [0.2, 0.25) is 5.02 Å². The summed E-state index contributed by atoms with van der Waals surface area (Å²) in [5.41, 5.74) is 0.691. The summed E-state index contributed by atoms with van der Waals surface area (Å²) in [5, 5.41) is 4.19. The normalized spacial score (nSPS) is 22.3. The second-order valence-electron chi connectivity index (χ2n) is 7.34. The van der Waals surface area contributed by atoms with E-state index in [-0.39, 0.29) is 19.4 Å². The van der Waals surface area contributed by atoms with E-state index in [9.17, 15) is 22.0 Å². The van der Waals surface area contributed by atoms with E-state index < -0.39 is 39.8 Å². The van der Waals surface area contributed by atoms with E-state index in [1.165, 1.54) is 11.0 Å². The van der Waals surface area contributed by atoms with Gasteiger partial charge in [0.25, 0.3) is 0 Å². The molecule has 3 atom stereocenters. The van der Waals surface area contributed by atoms with Crippen molar-refractivity contribution in [1.82, 2.24) is 10.2 Å². The first-order valence-electron chi connectivity index (χ1n) is 8.95. The van der Waals surface area contributed by atoms with Crippen molar-refractivity contribution in [1.29, 1.82) is 0 Å². The number of carbonyl (C=O) groups excluding carboxylic acids is 1. The first-order chi connectivity index (χ1) is 12.9. The molecule has 1 saturated heterocycles. The van der Waals surface area contributed by atoms with Crippen molar-refractivity contribution in [2.24, 2.45) is 5.92 Å². The summed E-state index contributed by atoms with van der Waals surface area (Å²) < 4.78 is 50.3. The minimum absolute atomic E-state index is 0.116. The van der Waals surface area contributed by atoms with Crippen LogP contribution in [0.25, 0.3) is 0 Å². The molecule has 0 bridgehead atoms. The second-order valence-corrected chi connectivity index (χ2v) is 9.71. The van der Waals surface area contributed by atoms with Gasteiger partial charge in [-0.25, -0.2) is 22.0 Å². The average Bonchev–Trinajstić information content (AvgIpc) is 2.58. The van der Waals surface area contributed by atoms with Crippen LogP contribution in [0, 0.1) is 5.92 Å². The van der Waals surface area contributed by atoms with Gasteiger partial charge in [-0.15, -0.1) is 0 Å². The predicted molar refractivity (Wildman–Crippen MR) is 106 cm³/mol. The van der Waals surface area contributed by atoms with E-state index in [1.54, 1.807) is 31.2 Å². The summed E-state index contributed by atoms with van der Waals surface area (Å²) >= 11 is 6.05. The van der Waals surface area contributed by atoms with Crippen LogP contribution in [0.3, 0.4) is 0 Å². The van der Waals surface area contributed by atoms with Gasteiger partial charge in [-0.05, 0) is 44.4 Å². The molecule has 0 aromatic heterocycles. The van der Waals surface area contributed by atoms with Crippen LogP contribution in [-0.2, 0) is 9.84 Å². The van der Waals surface area contributed by atoms with Crippen LogP contribution >= 0.6 is 11.6 Å². The van der Waals surface area contributed by atoms with Crippen molar-refractivity contribution in [2.45, 2.75) is 44.7 Å². The number of amides is 2. The molecule has 1 aliphatic rings. The van der Waals surface area contributed by atoms with E-state index in [0.717, 1.165) is 18.6 Å². The van der Waals surface area contributed by atoms with Crippen LogP contribution in [0.1, 0.15) is 38.3 Å².